The van der Waals surface area contributed by atoms with Crippen molar-refractivity contribution in [1.29, 1.82) is 5.26 Å². The highest BCUT2D eigenvalue weighted by molar-refractivity contribution is 5.16. The highest BCUT2D eigenvalue weighted by Crippen LogP contribution is 2.39. The molecule has 0 amide bonds. The maximum absolute atomic E-state index is 9.08. The molecule has 1 atom stereocenters. The normalized spacial score (nSPS) is 19.9. The zero-order chi connectivity index (χ0) is 9.73. The average molecular weight is 178 g/mol. The van der Waals surface area contributed by atoms with Gasteiger partial charge in [-0.2, -0.15) is 5.26 Å². The van der Waals surface area contributed by atoms with Crippen LogP contribution in [0.15, 0.2) is 0 Å². The van der Waals surface area contributed by atoms with E-state index < -0.39 is 5.54 Å². The van der Waals surface area contributed by atoms with Crippen LogP contribution in [-0.4, -0.2) is 25.8 Å². The minimum atomic E-state index is -0.554. The van der Waals surface area contributed by atoms with E-state index in [0.29, 0.717) is 19.1 Å². The molecule has 13 heavy (non-hydrogen) atoms. The van der Waals surface area contributed by atoms with Gasteiger partial charge in [0.15, 0.2) is 0 Å². The number of hydrogen-bond acceptors (Lipinski definition) is 3. The summed E-state index contributed by atoms with van der Waals surface area (Å²) >= 11 is 0. The Kier molecular flexibility index (Phi) is 3.31. The molecule has 0 radical (unpaired) electrons. The molecule has 70 valence electrons. The number of terminal acetylenes is 1. The molecule has 1 aliphatic rings. The van der Waals surface area contributed by atoms with Crippen LogP contribution in [0.5, 0.6) is 0 Å². The summed E-state index contributed by atoms with van der Waals surface area (Å²) in [6, 6.07) is 2.28. The zero-order valence-electron chi connectivity index (χ0n) is 7.84. The van der Waals surface area contributed by atoms with Gasteiger partial charge in [0.25, 0.3) is 0 Å². The third-order valence-electron chi connectivity index (χ3n) is 2.35. The molecule has 0 saturated heterocycles. The maximum atomic E-state index is 9.08. The van der Waals surface area contributed by atoms with Crippen molar-refractivity contribution in [2.45, 2.75) is 18.4 Å². The molecule has 0 spiro atoms. The molecule has 0 aromatic carbocycles. The molecule has 0 heterocycles. The predicted octanol–water partition coefficient (Wildman–Crippen LogP) is 0.528. The minimum absolute atomic E-state index is 0.408. The number of hydrogen-bond donors (Lipinski definition) is 1. The Morgan fingerprint density at radius 3 is 2.77 bits per heavy atom. The molecule has 0 aromatic rings. The predicted molar refractivity (Wildman–Crippen MR) is 49.8 cm³/mol. The molecule has 1 N–H and O–H groups in total. The topological polar surface area (TPSA) is 45.0 Å². The second kappa shape index (κ2) is 4.28. The summed E-state index contributed by atoms with van der Waals surface area (Å²) < 4.78 is 5.04. The first-order chi connectivity index (χ1) is 6.29. The van der Waals surface area contributed by atoms with Crippen LogP contribution in [0.2, 0.25) is 0 Å². The van der Waals surface area contributed by atoms with E-state index in [4.69, 9.17) is 16.4 Å². The van der Waals surface area contributed by atoms with Crippen LogP contribution >= 0.6 is 0 Å². The SMILES string of the molecule is C#CCNC(C#N)(COC)C1CC1. The highest BCUT2D eigenvalue weighted by Gasteiger charge is 2.45. The summed E-state index contributed by atoms with van der Waals surface area (Å²) in [5, 5.41) is 12.2. The molecule has 0 bridgehead atoms. The van der Waals surface area contributed by atoms with Crippen LogP contribution in [0.25, 0.3) is 0 Å². The number of ether oxygens (including phenoxy) is 1. The molecule has 1 saturated carbocycles. The second-order valence-corrected chi connectivity index (χ2v) is 3.35. The third-order valence-corrected chi connectivity index (χ3v) is 2.35. The number of rotatable bonds is 5. The fourth-order valence-electron chi connectivity index (χ4n) is 1.49. The second-order valence-electron chi connectivity index (χ2n) is 3.35. The summed E-state index contributed by atoms with van der Waals surface area (Å²) in [5.41, 5.74) is -0.554. The first kappa shape index (κ1) is 10.1. The average Bonchev–Trinajstić information content (AvgIpc) is 2.96. The van der Waals surface area contributed by atoms with E-state index in [1.165, 1.54) is 0 Å². The molecule has 3 heteroatoms. The van der Waals surface area contributed by atoms with Crippen molar-refractivity contribution in [3.8, 4) is 18.4 Å². The molecule has 0 aliphatic heterocycles. The number of nitrogens with zero attached hydrogens (tertiary/aromatic N) is 1. The quantitative estimate of drug-likeness (QED) is 0.624. The maximum Gasteiger partial charge on any atom is 0.133 e. The van der Waals surface area contributed by atoms with E-state index in [-0.39, 0.29) is 0 Å². The van der Waals surface area contributed by atoms with Crippen molar-refractivity contribution in [2.24, 2.45) is 5.92 Å². The summed E-state index contributed by atoms with van der Waals surface area (Å²) in [6.07, 6.45) is 7.33. The Morgan fingerprint density at radius 1 is 1.69 bits per heavy atom. The van der Waals surface area contributed by atoms with Crippen LogP contribution in [0, 0.1) is 29.6 Å². The van der Waals surface area contributed by atoms with E-state index in [0.717, 1.165) is 12.8 Å². The molecule has 0 aromatic heterocycles. The van der Waals surface area contributed by atoms with Crippen molar-refractivity contribution >= 4 is 0 Å². The summed E-state index contributed by atoms with van der Waals surface area (Å²) in [6.45, 7) is 0.837. The zero-order valence-corrected chi connectivity index (χ0v) is 7.84. The smallest absolute Gasteiger partial charge is 0.133 e. The molecule has 1 aliphatic carbocycles. The Balaban J connectivity index is 2.60. The van der Waals surface area contributed by atoms with E-state index in [2.05, 4.69) is 17.3 Å². The molecule has 1 rings (SSSR count). The van der Waals surface area contributed by atoms with Gasteiger partial charge in [-0.3, -0.25) is 5.32 Å². The summed E-state index contributed by atoms with van der Waals surface area (Å²) in [4.78, 5) is 0. The monoisotopic (exact) mass is 178 g/mol. The van der Waals surface area contributed by atoms with Crippen molar-refractivity contribution in [1.82, 2.24) is 5.32 Å². The van der Waals surface area contributed by atoms with Gasteiger partial charge in [-0.25, -0.2) is 0 Å². The van der Waals surface area contributed by atoms with Gasteiger partial charge < -0.3 is 4.74 Å². The minimum Gasteiger partial charge on any atom is -0.382 e. The lowest BCUT2D eigenvalue weighted by atomic mass is 9.96. The van der Waals surface area contributed by atoms with E-state index in [1.54, 1.807) is 7.11 Å². The van der Waals surface area contributed by atoms with Crippen molar-refractivity contribution in [3.63, 3.8) is 0 Å². The third kappa shape index (κ3) is 2.21. The van der Waals surface area contributed by atoms with Gasteiger partial charge in [-0.1, -0.05) is 5.92 Å². The largest absolute Gasteiger partial charge is 0.382 e. The number of methoxy groups -OCH3 is 1. The van der Waals surface area contributed by atoms with E-state index >= 15 is 0 Å². The first-order valence-electron chi connectivity index (χ1n) is 4.38. The van der Waals surface area contributed by atoms with Crippen molar-refractivity contribution < 1.29 is 4.74 Å². The molecular weight excluding hydrogens is 164 g/mol. The van der Waals surface area contributed by atoms with E-state index in [9.17, 15) is 0 Å². The Morgan fingerprint density at radius 2 is 2.38 bits per heavy atom. The van der Waals surface area contributed by atoms with Crippen molar-refractivity contribution in [2.75, 3.05) is 20.3 Å². The Bertz CT molecular complexity index is 247. The first-order valence-corrected chi connectivity index (χ1v) is 4.38. The fraction of sp³-hybridized carbons (Fsp3) is 0.700. The molecule has 3 nitrogen and oxygen atoms in total. The van der Waals surface area contributed by atoms with Gasteiger partial charge in [0.05, 0.1) is 19.2 Å². The van der Waals surface area contributed by atoms with E-state index in [1.807, 2.05) is 0 Å². The van der Waals surface area contributed by atoms with Gasteiger partial charge in [0, 0.05) is 7.11 Å². The van der Waals surface area contributed by atoms with Crippen LogP contribution in [0.3, 0.4) is 0 Å². The van der Waals surface area contributed by atoms with Crippen LogP contribution in [0.1, 0.15) is 12.8 Å². The number of nitrogens with one attached hydrogen (secondary N) is 1. The molecule has 1 fully saturated rings. The standard InChI is InChI=1S/C10H14N2O/c1-3-6-12-10(7-11,8-13-2)9-4-5-9/h1,9,12H,4-6,8H2,2H3. The van der Waals surface area contributed by atoms with Crippen LogP contribution in [-0.2, 0) is 4.74 Å². The van der Waals surface area contributed by atoms with Gasteiger partial charge in [-0.15, -0.1) is 6.42 Å². The summed E-state index contributed by atoms with van der Waals surface area (Å²) in [7, 11) is 1.60. The lowest BCUT2D eigenvalue weighted by Crippen LogP contribution is -2.50. The van der Waals surface area contributed by atoms with Gasteiger partial charge >= 0.3 is 0 Å². The lowest BCUT2D eigenvalue weighted by molar-refractivity contribution is 0.128. The Hall–Kier alpha value is -1.03. The van der Waals surface area contributed by atoms with Gasteiger partial charge in [0.1, 0.15) is 5.54 Å². The van der Waals surface area contributed by atoms with Crippen LogP contribution < -0.4 is 5.32 Å². The van der Waals surface area contributed by atoms with Gasteiger partial charge in [-0.05, 0) is 18.8 Å². The lowest BCUT2D eigenvalue weighted by Gasteiger charge is -2.25. The highest BCUT2D eigenvalue weighted by atomic mass is 16.5. The van der Waals surface area contributed by atoms with Crippen molar-refractivity contribution in [3.05, 3.63) is 0 Å². The molecule has 1 unspecified atom stereocenters. The van der Waals surface area contributed by atoms with Crippen LogP contribution in [0.4, 0.5) is 0 Å². The Labute approximate surface area is 79.1 Å². The fourth-order valence-corrected chi connectivity index (χ4v) is 1.49. The molecular formula is C10H14N2O. The van der Waals surface area contributed by atoms with Gasteiger partial charge in [0.2, 0.25) is 0 Å². The number of nitriles is 1. The summed E-state index contributed by atoms with van der Waals surface area (Å²) in [5.74, 6) is 2.89.